The van der Waals surface area contributed by atoms with Gasteiger partial charge in [0.1, 0.15) is 10.6 Å². The molecule has 132 valence electrons. The third kappa shape index (κ3) is 4.43. The number of aromatic nitrogens is 1. The van der Waals surface area contributed by atoms with Crippen LogP contribution in [0.25, 0.3) is 0 Å². The summed E-state index contributed by atoms with van der Waals surface area (Å²) in [6.45, 7) is 5.64. The summed E-state index contributed by atoms with van der Waals surface area (Å²) >= 11 is 0. The van der Waals surface area contributed by atoms with Crippen molar-refractivity contribution in [2.75, 3.05) is 13.1 Å². The lowest BCUT2D eigenvalue weighted by Crippen LogP contribution is -2.52. The Morgan fingerprint density at radius 2 is 2.13 bits per heavy atom. The second-order valence-electron chi connectivity index (χ2n) is 5.68. The van der Waals surface area contributed by atoms with Crippen LogP contribution < -0.4 is 10.5 Å². The molecule has 8 nitrogen and oxygen atoms in total. The van der Waals surface area contributed by atoms with Gasteiger partial charge in [0, 0.05) is 19.1 Å². The van der Waals surface area contributed by atoms with Crippen molar-refractivity contribution in [1.29, 1.82) is 0 Å². The number of amides is 1. The number of nitrogens with two attached hydrogens (primary N) is 1. The Morgan fingerprint density at radius 1 is 1.48 bits per heavy atom. The van der Waals surface area contributed by atoms with Crippen LogP contribution in [0.5, 0.6) is 0 Å². The van der Waals surface area contributed by atoms with E-state index in [1.54, 1.807) is 11.8 Å². The van der Waals surface area contributed by atoms with Gasteiger partial charge < -0.3 is 15.2 Å². The molecule has 1 aromatic heterocycles. The Morgan fingerprint density at radius 3 is 2.65 bits per heavy atom. The predicted octanol–water partition coefficient (Wildman–Crippen LogP) is 0.330. The molecule has 2 heterocycles. The highest BCUT2D eigenvalue weighted by atomic mass is 35.5. The number of halogens is 1. The average Bonchev–Trinajstić information content (AvgIpc) is 2.77. The van der Waals surface area contributed by atoms with Crippen LogP contribution in [-0.2, 0) is 14.8 Å². The van der Waals surface area contributed by atoms with Crippen molar-refractivity contribution in [2.45, 2.75) is 50.6 Å². The number of carbonyl (C=O) groups excluding carboxylic acids is 1. The van der Waals surface area contributed by atoms with Gasteiger partial charge in [-0.05, 0) is 33.6 Å². The van der Waals surface area contributed by atoms with Gasteiger partial charge in [-0.25, -0.2) is 8.42 Å². The minimum absolute atomic E-state index is 0. The molecular weight excluding hydrogens is 344 g/mol. The zero-order valence-corrected chi connectivity index (χ0v) is 15.0. The van der Waals surface area contributed by atoms with Crippen molar-refractivity contribution in [3.05, 3.63) is 11.5 Å². The zero-order valence-electron chi connectivity index (χ0n) is 13.4. The van der Waals surface area contributed by atoms with Crippen molar-refractivity contribution < 1.29 is 17.7 Å². The summed E-state index contributed by atoms with van der Waals surface area (Å²) in [5, 5.41) is 3.63. The lowest BCUT2D eigenvalue weighted by Gasteiger charge is -2.32. The molecule has 1 aliphatic rings. The van der Waals surface area contributed by atoms with Crippen molar-refractivity contribution in [3.8, 4) is 0 Å². The Bertz CT molecular complexity index is 641. The molecule has 2 rings (SSSR count). The summed E-state index contributed by atoms with van der Waals surface area (Å²) in [6.07, 6.45) is 1.71. The SMILES string of the molecule is Cc1noc(C)c1S(=O)(=O)NC(C)C(=O)N1CCCC(N)C1.Cl. The van der Waals surface area contributed by atoms with Crippen molar-refractivity contribution >= 4 is 28.3 Å². The largest absolute Gasteiger partial charge is 0.360 e. The highest BCUT2D eigenvalue weighted by Crippen LogP contribution is 2.19. The maximum absolute atomic E-state index is 12.4. The van der Waals surface area contributed by atoms with E-state index in [2.05, 4.69) is 9.88 Å². The number of hydrogen-bond donors (Lipinski definition) is 2. The summed E-state index contributed by atoms with van der Waals surface area (Å²) in [6, 6.07) is -0.923. The van der Waals surface area contributed by atoms with Gasteiger partial charge in [-0.3, -0.25) is 4.79 Å². The first-order chi connectivity index (χ1) is 10.2. The third-order valence-corrected chi connectivity index (χ3v) is 5.49. The number of nitrogens with one attached hydrogen (secondary N) is 1. The Hall–Kier alpha value is -1.16. The van der Waals surface area contributed by atoms with E-state index in [0.29, 0.717) is 13.1 Å². The first-order valence-corrected chi connectivity index (χ1v) is 8.70. The van der Waals surface area contributed by atoms with Crippen LogP contribution in [0.4, 0.5) is 0 Å². The summed E-state index contributed by atoms with van der Waals surface area (Å²) in [4.78, 5) is 14.0. The van der Waals surface area contributed by atoms with E-state index >= 15 is 0 Å². The molecule has 3 N–H and O–H groups in total. The van der Waals surface area contributed by atoms with E-state index in [-0.39, 0.29) is 40.7 Å². The van der Waals surface area contributed by atoms with E-state index < -0.39 is 16.1 Å². The molecule has 1 amide bonds. The van der Waals surface area contributed by atoms with E-state index in [1.807, 2.05) is 0 Å². The summed E-state index contributed by atoms with van der Waals surface area (Å²) in [7, 11) is -3.86. The number of nitrogens with zero attached hydrogens (tertiary/aromatic N) is 2. The highest BCUT2D eigenvalue weighted by Gasteiger charge is 2.31. The van der Waals surface area contributed by atoms with Gasteiger partial charge in [0.25, 0.3) is 0 Å². The topological polar surface area (TPSA) is 119 Å². The molecule has 1 aliphatic heterocycles. The van der Waals surface area contributed by atoms with Crippen LogP contribution in [0.1, 0.15) is 31.2 Å². The lowest BCUT2D eigenvalue weighted by molar-refractivity contribution is -0.133. The van der Waals surface area contributed by atoms with E-state index in [0.717, 1.165) is 12.8 Å². The maximum atomic E-state index is 12.4. The minimum atomic E-state index is -3.86. The second-order valence-corrected chi connectivity index (χ2v) is 7.33. The van der Waals surface area contributed by atoms with E-state index in [9.17, 15) is 13.2 Å². The quantitative estimate of drug-likeness (QED) is 0.792. The zero-order chi connectivity index (χ0) is 16.5. The molecule has 1 aromatic rings. The van der Waals surface area contributed by atoms with Gasteiger partial charge in [-0.2, -0.15) is 4.72 Å². The number of aryl methyl sites for hydroxylation is 2. The van der Waals surface area contributed by atoms with Gasteiger partial charge in [-0.15, -0.1) is 12.4 Å². The monoisotopic (exact) mass is 366 g/mol. The fourth-order valence-electron chi connectivity index (χ4n) is 2.68. The Kier molecular flexibility index (Phi) is 6.58. The maximum Gasteiger partial charge on any atom is 0.246 e. The van der Waals surface area contributed by atoms with Crippen LogP contribution in [0.15, 0.2) is 9.42 Å². The molecule has 0 saturated carbocycles. The van der Waals surface area contributed by atoms with Crippen LogP contribution in [0.2, 0.25) is 0 Å². The molecule has 1 saturated heterocycles. The predicted molar refractivity (Wildman–Crippen MR) is 86.8 cm³/mol. The third-order valence-electron chi connectivity index (χ3n) is 3.71. The molecule has 0 radical (unpaired) electrons. The number of likely N-dealkylation sites (tertiary alicyclic amines) is 1. The molecule has 2 unspecified atom stereocenters. The Labute approximate surface area is 142 Å². The molecule has 1 fully saturated rings. The molecule has 0 aromatic carbocycles. The first-order valence-electron chi connectivity index (χ1n) is 7.22. The van der Waals surface area contributed by atoms with Crippen molar-refractivity contribution in [2.24, 2.45) is 5.73 Å². The van der Waals surface area contributed by atoms with Crippen LogP contribution in [0, 0.1) is 13.8 Å². The number of piperidine rings is 1. The van der Waals surface area contributed by atoms with Gasteiger partial charge in [0.05, 0.1) is 6.04 Å². The van der Waals surface area contributed by atoms with Crippen LogP contribution in [0.3, 0.4) is 0 Å². The number of hydrogen-bond acceptors (Lipinski definition) is 6. The molecule has 2 atom stereocenters. The first kappa shape index (κ1) is 19.9. The molecular formula is C13H23ClN4O4S. The molecule has 23 heavy (non-hydrogen) atoms. The van der Waals surface area contributed by atoms with Gasteiger partial charge in [-0.1, -0.05) is 5.16 Å². The highest BCUT2D eigenvalue weighted by molar-refractivity contribution is 7.89. The summed E-state index contributed by atoms with van der Waals surface area (Å²) in [5.74, 6) is -0.0740. The Balaban J connectivity index is 0.00000264. The van der Waals surface area contributed by atoms with E-state index in [4.69, 9.17) is 10.3 Å². The fraction of sp³-hybridized carbons (Fsp3) is 0.692. The summed E-state index contributed by atoms with van der Waals surface area (Å²) in [5.41, 5.74) is 6.12. The number of rotatable bonds is 4. The van der Waals surface area contributed by atoms with Crippen LogP contribution >= 0.6 is 12.4 Å². The lowest BCUT2D eigenvalue weighted by atomic mass is 10.1. The smallest absolute Gasteiger partial charge is 0.246 e. The van der Waals surface area contributed by atoms with Gasteiger partial charge in [0.15, 0.2) is 5.76 Å². The standard InChI is InChI=1S/C13H22N4O4S.ClH/c1-8-12(10(3)21-15-8)22(19,20)16-9(2)13(18)17-6-4-5-11(14)7-17;/h9,11,16H,4-7,14H2,1-3H3;1H. The molecule has 0 aliphatic carbocycles. The minimum Gasteiger partial charge on any atom is -0.360 e. The fourth-order valence-corrected chi connectivity index (χ4v) is 4.21. The van der Waals surface area contributed by atoms with Crippen molar-refractivity contribution in [3.63, 3.8) is 0 Å². The molecule has 0 bridgehead atoms. The van der Waals surface area contributed by atoms with E-state index in [1.165, 1.54) is 13.8 Å². The second kappa shape index (κ2) is 7.61. The summed E-state index contributed by atoms with van der Waals surface area (Å²) < 4.78 is 32.0. The normalized spacial score (nSPS) is 20.0. The van der Waals surface area contributed by atoms with Crippen LogP contribution in [-0.4, -0.2) is 49.6 Å². The molecule has 0 spiro atoms. The number of carbonyl (C=O) groups is 1. The van der Waals surface area contributed by atoms with Gasteiger partial charge in [0.2, 0.25) is 15.9 Å². The number of sulfonamides is 1. The molecule has 10 heteroatoms. The average molecular weight is 367 g/mol. The van der Waals surface area contributed by atoms with Gasteiger partial charge >= 0.3 is 0 Å². The van der Waals surface area contributed by atoms with Crippen molar-refractivity contribution in [1.82, 2.24) is 14.8 Å².